The molecule has 0 N–H and O–H groups in total. The zero-order valence-electron chi connectivity index (χ0n) is 16.3. The van der Waals surface area contributed by atoms with E-state index in [1.807, 2.05) is 24.3 Å². The molecule has 0 amide bonds. The number of halogens is 1. The maximum atomic E-state index is 14.3. The lowest BCUT2D eigenvalue weighted by atomic mass is 9.68. The Hall–Kier alpha value is -3.76. The molecule has 1 spiro atoms. The minimum Gasteiger partial charge on any atom is -0.238 e. The highest BCUT2D eigenvalue weighted by atomic mass is 19.1. The molecule has 144 valence electrons. The van der Waals surface area contributed by atoms with Gasteiger partial charge in [0.25, 0.3) is 0 Å². The van der Waals surface area contributed by atoms with Crippen LogP contribution in [0.15, 0.2) is 65.8 Å². The van der Waals surface area contributed by atoms with E-state index in [1.165, 1.54) is 11.6 Å². The summed E-state index contributed by atoms with van der Waals surface area (Å²) in [6.45, 7) is 14.7. The highest BCUT2D eigenvalue weighted by Gasteiger charge is 2.47. The summed E-state index contributed by atoms with van der Waals surface area (Å²) in [5.41, 5.74) is 7.18. The minimum absolute atomic E-state index is 0.136. The van der Waals surface area contributed by atoms with Crippen molar-refractivity contribution in [1.82, 2.24) is 0 Å². The van der Waals surface area contributed by atoms with Crippen LogP contribution in [0.2, 0.25) is 0 Å². The number of hydrogen-bond acceptors (Lipinski definition) is 1. The number of fused-ring (bicyclic) bond motifs is 2. The van der Waals surface area contributed by atoms with Crippen LogP contribution in [0.25, 0.3) is 20.9 Å². The van der Waals surface area contributed by atoms with Gasteiger partial charge >= 0.3 is 0 Å². The van der Waals surface area contributed by atoms with Crippen LogP contribution in [0.1, 0.15) is 28.7 Å². The summed E-state index contributed by atoms with van der Waals surface area (Å²) in [4.78, 5) is 6.92. The monoisotopic (exact) mass is 391 g/mol. The second-order valence-corrected chi connectivity index (χ2v) is 8.09. The van der Waals surface area contributed by atoms with Crippen LogP contribution < -0.4 is 0 Å². The van der Waals surface area contributed by atoms with Crippen LogP contribution >= 0.6 is 0 Å². The van der Waals surface area contributed by atoms with Gasteiger partial charge in [-0.15, -0.1) is 4.95 Å². The highest BCUT2D eigenvalue weighted by Crippen LogP contribution is 2.48. The van der Waals surface area contributed by atoms with Gasteiger partial charge in [-0.05, 0) is 71.7 Å². The largest absolute Gasteiger partial charge is 0.238 e. The van der Waals surface area contributed by atoms with Gasteiger partial charge in [0.15, 0.2) is 5.69 Å². The molecular weight excluding hydrogens is 373 g/mol. The molecule has 2 aliphatic carbocycles. The van der Waals surface area contributed by atoms with E-state index in [0.29, 0.717) is 18.5 Å². The minimum atomic E-state index is -0.259. The Labute approximate surface area is 175 Å². The van der Waals surface area contributed by atoms with E-state index in [0.717, 1.165) is 46.4 Å². The molecule has 3 aromatic rings. The summed E-state index contributed by atoms with van der Waals surface area (Å²) >= 11 is 0. The molecule has 1 unspecified atom stereocenters. The first-order chi connectivity index (χ1) is 14.6. The van der Waals surface area contributed by atoms with Crippen molar-refractivity contribution in [3.05, 3.63) is 112 Å². The Balaban J connectivity index is 1.59. The molecule has 0 saturated carbocycles. The molecule has 4 heteroatoms. The van der Waals surface area contributed by atoms with E-state index in [4.69, 9.17) is 13.1 Å². The smallest absolute Gasteiger partial charge is 0.187 e. The number of nitrogens with zero attached hydrogens (tertiary/aromatic N) is 3. The number of rotatable bonds is 1. The van der Waals surface area contributed by atoms with Gasteiger partial charge in [0, 0.05) is 11.0 Å². The van der Waals surface area contributed by atoms with Crippen molar-refractivity contribution < 1.29 is 4.39 Å². The average molecular weight is 391 g/mol. The zero-order valence-corrected chi connectivity index (χ0v) is 16.3. The summed E-state index contributed by atoms with van der Waals surface area (Å²) in [5, 5.41) is 4.27. The molecule has 0 saturated heterocycles. The number of hydrogen-bond donors (Lipinski definition) is 0. The summed E-state index contributed by atoms with van der Waals surface area (Å²) in [7, 11) is 0. The van der Waals surface area contributed by atoms with E-state index < -0.39 is 0 Å². The van der Waals surface area contributed by atoms with Crippen molar-refractivity contribution in [1.29, 1.82) is 0 Å². The van der Waals surface area contributed by atoms with Gasteiger partial charge in [0.2, 0.25) is 0 Å². The molecular formula is C26H18FN3. The van der Waals surface area contributed by atoms with Crippen molar-refractivity contribution in [2.75, 3.05) is 0 Å². The van der Waals surface area contributed by atoms with E-state index in [-0.39, 0.29) is 11.2 Å². The molecule has 2 aliphatic rings. The maximum absolute atomic E-state index is 14.3. The highest BCUT2D eigenvalue weighted by molar-refractivity contribution is 6.10. The molecule has 1 atom stereocenters. The molecule has 5 rings (SSSR count). The van der Waals surface area contributed by atoms with Gasteiger partial charge in [0.05, 0.1) is 11.7 Å². The maximum Gasteiger partial charge on any atom is 0.187 e. The Bertz CT molecular complexity index is 1290. The molecule has 30 heavy (non-hydrogen) atoms. The lowest BCUT2D eigenvalue weighted by Gasteiger charge is -2.34. The standard InChI is InChI=1S/C26H18FN3/c1-28-21-7-3-5-17(13-21)18-9-10-20-16-26(25(30-29-2)23(20)14-18)12-11-22-19(15-26)6-4-8-24(22)27/h3-10,13-14H,11-12,15-16H2/b30-25-. The molecule has 0 aliphatic heterocycles. The molecule has 0 heterocycles. The van der Waals surface area contributed by atoms with Crippen LogP contribution in [-0.2, 0) is 19.3 Å². The Kier molecular flexibility index (Phi) is 4.23. The van der Waals surface area contributed by atoms with E-state index in [2.05, 4.69) is 33.1 Å². The van der Waals surface area contributed by atoms with Crippen LogP contribution in [0.5, 0.6) is 0 Å². The van der Waals surface area contributed by atoms with Crippen LogP contribution in [0, 0.1) is 24.4 Å². The third-order valence-electron chi connectivity index (χ3n) is 6.45. The summed E-state index contributed by atoms with van der Waals surface area (Å²) < 4.78 is 14.3. The van der Waals surface area contributed by atoms with Gasteiger partial charge in [-0.3, -0.25) is 0 Å². The predicted octanol–water partition coefficient (Wildman–Crippen LogP) is 6.40. The first-order valence-electron chi connectivity index (χ1n) is 9.96. The van der Waals surface area contributed by atoms with Crippen molar-refractivity contribution >= 4 is 11.4 Å². The van der Waals surface area contributed by atoms with Gasteiger partial charge in [-0.25, -0.2) is 9.24 Å². The van der Waals surface area contributed by atoms with Crippen LogP contribution in [-0.4, -0.2) is 5.71 Å². The van der Waals surface area contributed by atoms with Crippen molar-refractivity contribution in [2.45, 2.75) is 25.7 Å². The Morgan fingerprint density at radius 3 is 2.53 bits per heavy atom. The number of benzene rings is 3. The molecule has 0 aromatic heterocycles. The Morgan fingerprint density at radius 2 is 1.70 bits per heavy atom. The SMILES string of the molecule is [C-]#[N+]/N=C1/c2cc(-c3cccc([N+]#[C-])c3)ccc2CC12CCc1c(F)cccc1C2. The van der Waals surface area contributed by atoms with Crippen LogP contribution in [0.4, 0.5) is 10.1 Å². The lowest BCUT2D eigenvalue weighted by molar-refractivity contribution is 0.366. The Morgan fingerprint density at radius 1 is 0.900 bits per heavy atom. The van der Waals surface area contributed by atoms with Crippen molar-refractivity contribution in [3.63, 3.8) is 0 Å². The van der Waals surface area contributed by atoms with Gasteiger partial charge < -0.3 is 0 Å². The van der Waals surface area contributed by atoms with E-state index >= 15 is 0 Å². The quantitative estimate of drug-likeness (QED) is 0.338. The second-order valence-electron chi connectivity index (χ2n) is 8.09. The first kappa shape index (κ1) is 18.3. The van der Waals surface area contributed by atoms with Gasteiger partial charge in [0.1, 0.15) is 11.5 Å². The van der Waals surface area contributed by atoms with Crippen LogP contribution in [0.3, 0.4) is 0 Å². The molecule has 0 radical (unpaired) electrons. The third-order valence-corrected chi connectivity index (χ3v) is 6.45. The fourth-order valence-electron chi connectivity index (χ4n) is 5.05. The summed E-state index contributed by atoms with van der Waals surface area (Å²) in [6.07, 6.45) is 2.96. The topological polar surface area (TPSA) is 21.1 Å². The molecule has 3 aromatic carbocycles. The fourth-order valence-corrected chi connectivity index (χ4v) is 5.05. The normalized spacial score (nSPS) is 20.4. The third kappa shape index (κ3) is 2.81. The second kappa shape index (κ2) is 6.94. The summed E-state index contributed by atoms with van der Waals surface area (Å²) in [6, 6.07) is 19.1. The summed E-state index contributed by atoms with van der Waals surface area (Å²) in [5.74, 6) is -0.136. The average Bonchev–Trinajstić information content (AvgIpc) is 3.06. The molecule has 0 fully saturated rings. The van der Waals surface area contributed by atoms with Gasteiger partial charge in [-0.2, -0.15) is 6.57 Å². The van der Waals surface area contributed by atoms with Crippen molar-refractivity contribution in [2.24, 2.45) is 10.5 Å². The lowest BCUT2D eigenvalue weighted by Crippen LogP contribution is -2.35. The first-order valence-corrected chi connectivity index (χ1v) is 9.96. The van der Waals surface area contributed by atoms with Gasteiger partial charge in [-0.1, -0.05) is 42.5 Å². The molecule has 3 nitrogen and oxygen atoms in total. The van der Waals surface area contributed by atoms with E-state index in [1.54, 1.807) is 12.1 Å². The molecule has 0 bridgehead atoms. The fraction of sp³-hybridized carbons (Fsp3) is 0.192. The van der Waals surface area contributed by atoms with Crippen molar-refractivity contribution in [3.8, 4) is 11.1 Å². The van der Waals surface area contributed by atoms with E-state index in [9.17, 15) is 4.39 Å². The predicted molar refractivity (Wildman–Crippen MR) is 116 cm³/mol. The zero-order chi connectivity index (χ0) is 20.7.